The SMILES string of the molecule is Cl.Fc1ccc2c(CCCN3CCC(Cc4ccccc4)CC3)noc2c1. The van der Waals surface area contributed by atoms with Gasteiger partial charge in [-0.05, 0) is 75.4 Å². The number of aromatic nitrogens is 1. The minimum Gasteiger partial charge on any atom is -0.356 e. The van der Waals surface area contributed by atoms with Crippen LogP contribution in [0.5, 0.6) is 0 Å². The van der Waals surface area contributed by atoms with Crippen molar-refractivity contribution in [3.05, 3.63) is 65.6 Å². The third-order valence-electron chi connectivity index (χ3n) is 5.47. The van der Waals surface area contributed by atoms with E-state index in [1.54, 1.807) is 6.07 Å². The summed E-state index contributed by atoms with van der Waals surface area (Å²) < 4.78 is 18.5. The molecule has 0 saturated carbocycles. The minimum absolute atomic E-state index is 0. The van der Waals surface area contributed by atoms with Crippen molar-refractivity contribution in [3.63, 3.8) is 0 Å². The zero-order valence-corrected chi connectivity index (χ0v) is 16.3. The Balaban J connectivity index is 0.00000210. The Morgan fingerprint density at radius 3 is 2.63 bits per heavy atom. The second-order valence-corrected chi connectivity index (χ2v) is 7.35. The number of aryl methyl sites for hydroxylation is 1. The van der Waals surface area contributed by atoms with Gasteiger partial charge in [0.1, 0.15) is 5.82 Å². The van der Waals surface area contributed by atoms with E-state index in [2.05, 4.69) is 40.4 Å². The van der Waals surface area contributed by atoms with Gasteiger partial charge in [-0.15, -0.1) is 12.4 Å². The second kappa shape index (κ2) is 9.34. The van der Waals surface area contributed by atoms with Crippen molar-refractivity contribution in [2.75, 3.05) is 19.6 Å². The van der Waals surface area contributed by atoms with Gasteiger partial charge in [-0.2, -0.15) is 0 Å². The number of piperidine rings is 1. The molecule has 2 aromatic carbocycles. The first-order valence-corrected chi connectivity index (χ1v) is 9.58. The number of benzene rings is 2. The number of hydrogen-bond donors (Lipinski definition) is 0. The normalized spacial score (nSPS) is 15.7. The van der Waals surface area contributed by atoms with Crippen LogP contribution in [0, 0.1) is 11.7 Å². The molecule has 1 saturated heterocycles. The topological polar surface area (TPSA) is 29.3 Å². The summed E-state index contributed by atoms with van der Waals surface area (Å²) in [5.74, 6) is 0.529. The van der Waals surface area contributed by atoms with Crippen LogP contribution in [-0.4, -0.2) is 29.7 Å². The molecule has 3 nitrogen and oxygen atoms in total. The summed E-state index contributed by atoms with van der Waals surface area (Å²) in [6, 6.07) is 15.5. The monoisotopic (exact) mass is 388 g/mol. The minimum atomic E-state index is -0.279. The molecule has 1 aliphatic heterocycles. The van der Waals surface area contributed by atoms with Crippen LogP contribution in [0.3, 0.4) is 0 Å². The molecule has 0 amide bonds. The fraction of sp³-hybridized carbons (Fsp3) is 0.409. The van der Waals surface area contributed by atoms with E-state index < -0.39 is 0 Å². The highest BCUT2D eigenvalue weighted by Gasteiger charge is 2.19. The van der Waals surface area contributed by atoms with E-state index >= 15 is 0 Å². The van der Waals surface area contributed by atoms with Crippen molar-refractivity contribution in [1.82, 2.24) is 10.1 Å². The van der Waals surface area contributed by atoms with Gasteiger partial charge in [0.2, 0.25) is 0 Å². The molecule has 0 radical (unpaired) electrons. The molecule has 0 unspecified atom stereocenters. The molecule has 0 aliphatic carbocycles. The van der Waals surface area contributed by atoms with Gasteiger partial charge in [0, 0.05) is 11.5 Å². The standard InChI is InChI=1S/C22H25FN2O.ClH/c23-19-8-9-20-21(24-26-22(20)16-19)7-4-12-25-13-10-18(11-14-25)15-17-5-2-1-3-6-17;/h1-3,5-6,8-9,16,18H,4,7,10-15H2;1H. The first kappa shape index (κ1) is 19.8. The van der Waals surface area contributed by atoms with E-state index in [0.29, 0.717) is 5.58 Å². The molecular formula is C22H26ClFN2O. The zero-order chi connectivity index (χ0) is 17.8. The van der Waals surface area contributed by atoms with Gasteiger partial charge in [0.15, 0.2) is 5.58 Å². The van der Waals surface area contributed by atoms with Crippen LogP contribution >= 0.6 is 12.4 Å². The molecule has 4 rings (SSSR count). The molecular weight excluding hydrogens is 363 g/mol. The number of hydrogen-bond acceptors (Lipinski definition) is 3. The van der Waals surface area contributed by atoms with Gasteiger partial charge >= 0.3 is 0 Å². The fourth-order valence-electron chi connectivity index (χ4n) is 3.98. The molecule has 0 N–H and O–H groups in total. The fourth-order valence-corrected chi connectivity index (χ4v) is 3.98. The smallest absolute Gasteiger partial charge is 0.170 e. The third kappa shape index (κ3) is 5.08. The molecule has 3 aromatic rings. The Labute approximate surface area is 165 Å². The zero-order valence-electron chi connectivity index (χ0n) is 15.4. The number of rotatable bonds is 6. The van der Waals surface area contributed by atoms with Crippen molar-refractivity contribution in [3.8, 4) is 0 Å². The summed E-state index contributed by atoms with van der Waals surface area (Å²) >= 11 is 0. The van der Waals surface area contributed by atoms with Crippen molar-refractivity contribution < 1.29 is 8.91 Å². The van der Waals surface area contributed by atoms with Gasteiger partial charge in [0.05, 0.1) is 5.69 Å². The van der Waals surface area contributed by atoms with Gasteiger partial charge in [-0.25, -0.2) is 4.39 Å². The van der Waals surface area contributed by atoms with Crippen LogP contribution in [0.15, 0.2) is 53.1 Å². The highest BCUT2D eigenvalue weighted by atomic mass is 35.5. The van der Waals surface area contributed by atoms with Crippen LogP contribution in [0.1, 0.15) is 30.5 Å². The molecule has 0 bridgehead atoms. The van der Waals surface area contributed by atoms with E-state index in [1.807, 2.05) is 0 Å². The molecule has 5 heteroatoms. The molecule has 1 aromatic heterocycles. The van der Waals surface area contributed by atoms with E-state index in [4.69, 9.17) is 4.52 Å². The predicted octanol–water partition coefficient (Wildman–Crippen LogP) is 5.28. The summed E-state index contributed by atoms with van der Waals surface area (Å²) in [4.78, 5) is 2.56. The summed E-state index contributed by atoms with van der Waals surface area (Å²) in [5, 5.41) is 5.06. The summed E-state index contributed by atoms with van der Waals surface area (Å²) in [6.07, 6.45) is 5.70. The number of nitrogens with zero attached hydrogens (tertiary/aromatic N) is 2. The van der Waals surface area contributed by atoms with Crippen LogP contribution in [0.2, 0.25) is 0 Å². The molecule has 1 fully saturated rings. The average molecular weight is 389 g/mol. The Morgan fingerprint density at radius 2 is 1.85 bits per heavy atom. The Bertz CT molecular complexity index is 844. The van der Waals surface area contributed by atoms with Crippen LogP contribution < -0.4 is 0 Å². The number of halogens is 2. The number of likely N-dealkylation sites (tertiary alicyclic amines) is 1. The van der Waals surface area contributed by atoms with E-state index in [-0.39, 0.29) is 18.2 Å². The van der Waals surface area contributed by atoms with Gasteiger partial charge < -0.3 is 9.42 Å². The quantitative estimate of drug-likeness (QED) is 0.575. The van der Waals surface area contributed by atoms with Gasteiger partial charge in [-0.3, -0.25) is 0 Å². The lowest BCUT2D eigenvalue weighted by Gasteiger charge is -2.32. The summed E-state index contributed by atoms with van der Waals surface area (Å²) in [7, 11) is 0. The lowest BCUT2D eigenvalue weighted by atomic mass is 9.90. The maximum atomic E-state index is 13.2. The van der Waals surface area contributed by atoms with E-state index in [0.717, 1.165) is 36.4 Å². The van der Waals surface area contributed by atoms with Crippen LogP contribution in [0.25, 0.3) is 11.0 Å². The molecule has 144 valence electrons. The maximum absolute atomic E-state index is 13.2. The third-order valence-corrected chi connectivity index (χ3v) is 5.47. The Hall–Kier alpha value is -1.91. The first-order valence-electron chi connectivity index (χ1n) is 9.58. The van der Waals surface area contributed by atoms with Crippen molar-refractivity contribution in [1.29, 1.82) is 0 Å². The van der Waals surface area contributed by atoms with Crippen molar-refractivity contribution >= 4 is 23.4 Å². The highest BCUT2D eigenvalue weighted by molar-refractivity contribution is 5.85. The van der Waals surface area contributed by atoms with Crippen LogP contribution in [-0.2, 0) is 12.8 Å². The van der Waals surface area contributed by atoms with Crippen molar-refractivity contribution in [2.45, 2.75) is 32.1 Å². The molecule has 1 aliphatic rings. The first-order chi connectivity index (χ1) is 12.8. The summed E-state index contributed by atoms with van der Waals surface area (Å²) in [6.45, 7) is 3.46. The molecule has 0 spiro atoms. The lowest BCUT2D eigenvalue weighted by Crippen LogP contribution is -2.35. The van der Waals surface area contributed by atoms with E-state index in [1.165, 1.54) is 50.0 Å². The maximum Gasteiger partial charge on any atom is 0.170 e. The Kier molecular flexibility index (Phi) is 6.86. The van der Waals surface area contributed by atoms with Crippen molar-refractivity contribution in [2.24, 2.45) is 5.92 Å². The van der Waals surface area contributed by atoms with E-state index in [9.17, 15) is 4.39 Å². The average Bonchev–Trinajstić information content (AvgIpc) is 3.06. The van der Waals surface area contributed by atoms with Gasteiger partial charge in [-0.1, -0.05) is 35.5 Å². The second-order valence-electron chi connectivity index (χ2n) is 7.35. The largest absolute Gasteiger partial charge is 0.356 e. The van der Waals surface area contributed by atoms with Crippen LogP contribution in [0.4, 0.5) is 4.39 Å². The van der Waals surface area contributed by atoms with Gasteiger partial charge in [0.25, 0.3) is 0 Å². The molecule has 0 atom stereocenters. The summed E-state index contributed by atoms with van der Waals surface area (Å²) in [5.41, 5.74) is 2.95. The highest BCUT2D eigenvalue weighted by Crippen LogP contribution is 2.23. The molecule has 2 heterocycles. The Morgan fingerprint density at radius 1 is 1.07 bits per heavy atom. The lowest BCUT2D eigenvalue weighted by molar-refractivity contribution is 0.182. The number of fused-ring (bicyclic) bond motifs is 1. The predicted molar refractivity (Wildman–Crippen MR) is 109 cm³/mol. The molecule has 27 heavy (non-hydrogen) atoms.